The number of hydrogen-bond donors (Lipinski definition) is 1. The van der Waals surface area contributed by atoms with Crippen LogP contribution in [-0.2, 0) is 11.2 Å². The van der Waals surface area contributed by atoms with Crippen LogP contribution in [0.15, 0.2) is 43.0 Å². The maximum atomic E-state index is 11.4. The fourth-order valence-corrected chi connectivity index (χ4v) is 2.77. The number of methoxy groups -OCH3 is 1. The second kappa shape index (κ2) is 5.89. The number of likely N-dealkylation sites (tertiary alicyclic amines) is 1. The first-order valence-corrected chi connectivity index (χ1v) is 6.36. The lowest BCUT2D eigenvalue weighted by Crippen LogP contribution is -2.41. The van der Waals surface area contributed by atoms with E-state index in [0.29, 0.717) is 13.0 Å². The van der Waals surface area contributed by atoms with E-state index in [9.17, 15) is 9.90 Å². The van der Waals surface area contributed by atoms with Crippen LogP contribution in [0.3, 0.4) is 0 Å². The molecule has 1 fully saturated rings. The van der Waals surface area contributed by atoms with Crippen molar-refractivity contribution in [1.82, 2.24) is 4.90 Å². The first-order chi connectivity index (χ1) is 9.17. The maximum absolute atomic E-state index is 11.4. The summed E-state index contributed by atoms with van der Waals surface area (Å²) in [5.41, 5.74) is 1.12. The molecule has 1 aromatic carbocycles. The van der Waals surface area contributed by atoms with Gasteiger partial charge in [-0.05, 0) is 12.0 Å². The van der Waals surface area contributed by atoms with Crippen LogP contribution in [-0.4, -0.2) is 41.9 Å². The van der Waals surface area contributed by atoms with Crippen LogP contribution >= 0.6 is 0 Å². The summed E-state index contributed by atoms with van der Waals surface area (Å²) in [6, 6.07) is 9.73. The highest BCUT2D eigenvalue weighted by Crippen LogP contribution is 2.29. The van der Waals surface area contributed by atoms with E-state index in [1.54, 1.807) is 13.2 Å². The molecule has 0 spiro atoms. The minimum atomic E-state index is -0.896. The van der Waals surface area contributed by atoms with Gasteiger partial charge in [-0.3, -0.25) is 0 Å². The van der Waals surface area contributed by atoms with Gasteiger partial charge in [0.2, 0.25) is 0 Å². The number of carbonyl (C=O) groups is 1. The Morgan fingerprint density at radius 2 is 2.21 bits per heavy atom. The van der Waals surface area contributed by atoms with Gasteiger partial charge in [-0.2, -0.15) is 0 Å². The van der Waals surface area contributed by atoms with Gasteiger partial charge in [0, 0.05) is 19.6 Å². The fraction of sp³-hybridized carbons (Fsp3) is 0.400. The van der Waals surface area contributed by atoms with Gasteiger partial charge in [0.1, 0.15) is 0 Å². The van der Waals surface area contributed by atoms with Crippen LogP contribution in [0.2, 0.25) is 0 Å². The topological polar surface area (TPSA) is 49.8 Å². The molecule has 0 aromatic heterocycles. The Morgan fingerprint density at radius 3 is 2.74 bits per heavy atom. The van der Waals surface area contributed by atoms with Gasteiger partial charge < -0.3 is 14.7 Å². The van der Waals surface area contributed by atoms with Gasteiger partial charge in [-0.15, -0.1) is 6.58 Å². The quantitative estimate of drug-likeness (QED) is 0.847. The molecule has 1 amide bonds. The highest BCUT2D eigenvalue weighted by molar-refractivity contribution is 5.66. The van der Waals surface area contributed by atoms with Crippen LogP contribution in [0.4, 0.5) is 4.79 Å². The first-order valence-electron chi connectivity index (χ1n) is 6.36. The molecule has 1 heterocycles. The predicted molar refractivity (Wildman–Crippen MR) is 73.1 cm³/mol. The Balaban J connectivity index is 2.22. The molecule has 3 atom stereocenters. The van der Waals surface area contributed by atoms with Gasteiger partial charge >= 0.3 is 6.09 Å². The van der Waals surface area contributed by atoms with E-state index in [4.69, 9.17) is 4.74 Å². The Morgan fingerprint density at radius 1 is 1.53 bits per heavy atom. The third-order valence-electron chi connectivity index (χ3n) is 3.72. The monoisotopic (exact) mass is 261 g/mol. The van der Waals surface area contributed by atoms with Crippen molar-refractivity contribution >= 4 is 6.09 Å². The van der Waals surface area contributed by atoms with Gasteiger partial charge in [0.05, 0.1) is 12.1 Å². The minimum absolute atomic E-state index is 0.0508. The zero-order chi connectivity index (χ0) is 13.8. The molecular weight excluding hydrogens is 242 g/mol. The third-order valence-corrected chi connectivity index (χ3v) is 3.72. The van der Waals surface area contributed by atoms with Crippen LogP contribution in [0.5, 0.6) is 0 Å². The summed E-state index contributed by atoms with van der Waals surface area (Å²) in [7, 11) is 1.63. The molecule has 1 aliphatic heterocycles. The van der Waals surface area contributed by atoms with E-state index in [1.165, 1.54) is 4.90 Å². The smallest absolute Gasteiger partial charge is 0.407 e. The molecule has 4 nitrogen and oxygen atoms in total. The fourth-order valence-electron chi connectivity index (χ4n) is 2.77. The molecule has 0 saturated carbocycles. The zero-order valence-corrected chi connectivity index (χ0v) is 11.0. The summed E-state index contributed by atoms with van der Waals surface area (Å²) in [6.07, 6.45) is 1.42. The molecule has 19 heavy (non-hydrogen) atoms. The van der Waals surface area contributed by atoms with E-state index in [1.807, 2.05) is 30.3 Å². The third kappa shape index (κ3) is 2.79. The molecule has 102 valence electrons. The van der Waals surface area contributed by atoms with Crippen molar-refractivity contribution in [3.05, 3.63) is 48.6 Å². The summed E-state index contributed by atoms with van der Waals surface area (Å²) in [5, 5.41) is 9.32. The molecule has 1 N–H and O–H groups in total. The number of hydrogen-bond acceptors (Lipinski definition) is 2. The van der Waals surface area contributed by atoms with Crippen molar-refractivity contribution < 1.29 is 14.6 Å². The van der Waals surface area contributed by atoms with E-state index in [-0.39, 0.29) is 18.1 Å². The van der Waals surface area contributed by atoms with Crippen molar-refractivity contribution in [3.63, 3.8) is 0 Å². The first kappa shape index (κ1) is 13.6. The van der Waals surface area contributed by atoms with Crippen molar-refractivity contribution in [2.75, 3.05) is 13.7 Å². The Kier molecular flexibility index (Phi) is 4.22. The molecule has 2 rings (SSSR count). The van der Waals surface area contributed by atoms with Gasteiger partial charge in [0.25, 0.3) is 0 Å². The zero-order valence-electron chi connectivity index (χ0n) is 11.0. The van der Waals surface area contributed by atoms with Crippen LogP contribution in [0.1, 0.15) is 5.56 Å². The average molecular weight is 261 g/mol. The summed E-state index contributed by atoms with van der Waals surface area (Å²) < 4.78 is 5.50. The summed E-state index contributed by atoms with van der Waals surface area (Å²) >= 11 is 0. The van der Waals surface area contributed by atoms with Crippen LogP contribution in [0.25, 0.3) is 0 Å². The van der Waals surface area contributed by atoms with E-state index in [0.717, 1.165) is 5.56 Å². The number of benzene rings is 1. The molecule has 1 aromatic rings. The standard InChI is InChI=1S/C15H19NO3/c1-3-12-10-16(15(17)18)13(14(12)19-2)9-11-7-5-4-6-8-11/h3-8,12-14H,1,9-10H2,2H3,(H,17,18)/t12-,13?,14+/m0/s1. The van der Waals surface area contributed by atoms with Gasteiger partial charge in [-0.25, -0.2) is 4.79 Å². The van der Waals surface area contributed by atoms with E-state index < -0.39 is 6.09 Å². The molecular formula is C15H19NO3. The molecule has 1 aliphatic rings. The lowest BCUT2D eigenvalue weighted by molar-refractivity contribution is 0.0525. The number of ether oxygens (including phenoxy) is 1. The minimum Gasteiger partial charge on any atom is -0.465 e. The van der Waals surface area contributed by atoms with Crippen molar-refractivity contribution in [1.29, 1.82) is 0 Å². The average Bonchev–Trinajstić information content (AvgIpc) is 2.77. The molecule has 0 bridgehead atoms. The second-order valence-corrected chi connectivity index (χ2v) is 4.79. The molecule has 1 saturated heterocycles. The SMILES string of the molecule is C=C[C@H]1CN(C(=O)O)C(Cc2ccccc2)[C@@H]1OC. The summed E-state index contributed by atoms with van der Waals surface area (Å²) in [6.45, 7) is 4.23. The number of nitrogens with zero attached hydrogens (tertiary/aromatic N) is 1. The number of amides is 1. The lowest BCUT2D eigenvalue weighted by Gasteiger charge is -2.25. The Bertz CT molecular complexity index is 446. The highest BCUT2D eigenvalue weighted by Gasteiger charge is 2.42. The van der Waals surface area contributed by atoms with Crippen molar-refractivity contribution in [2.24, 2.45) is 5.92 Å². The normalized spacial score (nSPS) is 26.4. The molecule has 4 heteroatoms. The Hall–Kier alpha value is -1.81. The summed E-state index contributed by atoms with van der Waals surface area (Å²) in [5.74, 6) is 0.0508. The molecule has 1 unspecified atom stereocenters. The largest absolute Gasteiger partial charge is 0.465 e. The molecule has 0 aliphatic carbocycles. The molecule has 0 radical (unpaired) electrons. The number of rotatable bonds is 4. The number of carboxylic acid groups (broad SMARTS) is 1. The van der Waals surface area contributed by atoms with Crippen molar-refractivity contribution in [2.45, 2.75) is 18.6 Å². The second-order valence-electron chi connectivity index (χ2n) is 4.79. The van der Waals surface area contributed by atoms with Crippen LogP contribution < -0.4 is 0 Å². The van der Waals surface area contributed by atoms with Crippen molar-refractivity contribution in [3.8, 4) is 0 Å². The predicted octanol–water partition coefficient (Wildman–Crippen LogP) is 2.41. The highest BCUT2D eigenvalue weighted by atomic mass is 16.5. The Labute approximate surface area is 113 Å². The maximum Gasteiger partial charge on any atom is 0.407 e. The van der Waals surface area contributed by atoms with Gasteiger partial charge in [0.15, 0.2) is 0 Å². The van der Waals surface area contributed by atoms with E-state index >= 15 is 0 Å². The van der Waals surface area contributed by atoms with Gasteiger partial charge in [-0.1, -0.05) is 36.4 Å². The summed E-state index contributed by atoms with van der Waals surface area (Å²) in [4.78, 5) is 12.8. The lowest BCUT2D eigenvalue weighted by atomic mass is 9.96. The van der Waals surface area contributed by atoms with E-state index in [2.05, 4.69) is 6.58 Å². The van der Waals surface area contributed by atoms with Crippen LogP contribution in [0, 0.1) is 5.92 Å².